The van der Waals surface area contributed by atoms with Gasteiger partial charge in [-0.2, -0.15) is 5.26 Å². The molecule has 80 valence electrons. The first-order valence-corrected chi connectivity index (χ1v) is 4.58. The lowest BCUT2D eigenvalue weighted by atomic mass is 10.1. The first-order valence-electron chi connectivity index (χ1n) is 4.58. The maximum Gasteiger partial charge on any atom is 0.181 e. The molecule has 1 aromatic rings. The highest BCUT2D eigenvalue weighted by atomic mass is 19.1. The van der Waals surface area contributed by atoms with E-state index in [-0.39, 0.29) is 0 Å². The average Bonchev–Trinajstić information content (AvgIpc) is 2.20. The SMILES string of the molecule is CC(C#N)Oc1ccc(F)cc1C(C)O. The Morgan fingerprint density at radius 1 is 1.47 bits per heavy atom. The Morgan fingerprint density at radius 2 is 2.13 bits per heavy atom. The molecule has 0 aliphatic heterocycles. The largest absolute Gasteiger partial charge is 0.475 e. The summed E-state index contributed by atoms with van der Waals surface area (Å²) in [6.45, 7) is 3.09. The summed E-state index contributed by atoms with van der Waals surface area (Å²) in [4.78, 5) is 0. The second kappa shape index (κ2) is 4.76. The van der Waals surface area contributed by atoms with Crippen LogP contribution in [-0.2, 0) is 0 Å². The molecule has 0 radical (unpaired) electrons. The Kier molecular flexibility index (Phi) is 3.64. The average molecular weight is 209 g/mol. The predicted molar refractivity (Wildman–Crippen MR) is 52.7 cm³/mol. The highest BCUT2D eigenvalue weighted by molar-refractivity contribution is 5.35. The van der Waals surface area contributed by atoms with Gasteiger partial charge in [0.2, 0.25) is 0 Å². The highest BCUT2D eigenvalue weighted by Gasteiger charge is 2.12. The fraction of sp³-hybridized carbons (Fsp3) is 0.364. The number of halogens is 1. The molecule has 3 nitrogen and oxygen atoms in total. The number of aliphatic hydroxyl groups excluding tert-OH is 1. The molecule has 1 rings (SSSR count). The Hall–Kier alpha value is -1.60. The molecule has 0 spiro atoms. The summed E-state index contributed by atoms with van der Waals surface area (Å²) in [6, 6.07) is 5.73. The van der Waals surface area contributed by atoms with Crippen molar-refractivity contribution in [1.82, 2.24) is 0 Å². The van der Waals surface area contributed by atoms with Crippen LogP contribution in [0.15, 0.2) is 18.2 Å². The minimum atomic E-state index is -0.832. The smallest absolute Gasteiger partial charge is 0.181 e. The third-order valence-corrected chi connectivity index (χ3v) is 1.91. The molecule has 2 unspecified atom stereocenters. The lowest BCUT2D eigenvalue weighted by Gasteiger charge is -2.14. The summed E-state index contributed by atoms with van der Waals surface area (Å²) in [5, 5.41) is 18.0. The lowest BCUT2D eigenvalue weighted by molar-refractivity contribution is 0.187. The van der Waals surface area contributed by atoms with Crippen molar-refractivity contribution in [3.05, 3.63) is 29.6 Å². The van der Waals surface area contributed by atoms with Crippen LogP contribution >= 0.6 is 0 Å². The van der Waals surface area contributed by atoms with Crippen molar-refractivity contribution >= 4 is 0 Å². The first kappa shape index (κ1) is 11.5. The van der Waals surface area contributed by atoms with E-state index in [4.69, 9.17) is 10.00 Å². The quantitative estimate of drug-likeness (QED) is 0.830. The van der Waals surface area contributed by atoms with Crippen LogP contribution in [0.5, 0.6) is 5.75 Å². The van der Waals surface area contributed by atoms with Crippen molar-refractivity contribution in [2.24, 2.45) is 0 Å². The number of hydrogen-bond acceptors (Lipinski definition) is 3. The summed E-state index contributed by atoms with van der Waals surface area (Å²) >= 11 is 0. The minimum absolute atomic E-state index is 0.334. The van der Waals surface area contributed by atoms with Crippen molar-refractivity contribution in [2.45, 2.75) is 26.1 Å². The molecule has 0 fully saturated rings. The Morgan fingerprint density at radius 3 is 2.67 bits per heavy atom. The Balaban J connectivity index is 3.02. The van der Waals surface area contributed by atoms with Gasteiger partial charge in [0, 0.05) is 5.56 Å². The second-order valence-electron chi connectivity index (χ2n) is 3.25. The summed E-state index contributed by atoms with van der Waals surface area (Å²) in [5.74, 6) is -0.108. The predicted octanol–water partition coefficient (Wildman–Crippen LogP) is 2.17. The van der Waals surface area contributed by atoms with Crippen LogP contribution in [0.3, 0.4) is 0 Å². The standard InChI is InChI=1S/C11H12FNO2/c1-7(6-13)15-11-4-3-9(12)5-10(11)8(2)14/h3-5,7-8,14H,1-2H3. The van der Waals surface area contributed by atoms with Crippen molar-refractivity contribution in [1.29, 1.82) is 5.26 Å². The molecule has 0 bridgehead atoms. The zero-order valence-corrected chi connectivity index (χ0v) is 8.57. The minimum Gasteiger partial charge on any atom is -0.475 e. The second-order valence-corrected chi connectivity index (χ2v) is 3.25. The summed E-state index contributed by atoms with van der Waals surface area (Å²) in [5.41, 5.74) is 0.345. The molecular weight excluding hydrogens is 197 g/mol. The summed E-state index contributed by atoms with van der Waals surface area (Å²) in [6.07, 6.45) is -1.46. The summed E-state index contributed by atoms with van der Waals surface area (Å²) < 4.78 is 18.1. The summed E-state index contributed by atoms with van der Waals surface area (Å²) in [7, 11) is 0. The van der Waals surface area contributed by atoms with Crippen LogP contribution in [0.2, 0.25) is 0 Å². The molecule has 1 aromatic carbocycles. The highest BCUT2D eigenvalue weighted by Crippen LogP contribution is 2.26. The fourth-order valence-electron chi connectivity index (χ4n) is 1.17. The van der Waals surface area contributed by atoms with Gasteiger partial charge < -0.3 is 9.84 Å². The Bertz CT molecular complexity index is 385. The van der Waals surface area contributed by atoms with E-state index < -0.39 is 18.0 Å². The van der Waals surface area contributed by atoms with Gasteiger partial charge in [-0.05, 0) is 32.0 Å². The van der Waals surface area contributed by atoms with E-state index in [1.54, 1.807) is 6.92 Å². The molecule has 4 heteroatoms. The van der Waals surface area contributed by atoms with Crippen molar-refractivity contribution in [3.8, 4) is 11.8 Å². The normalized spacial score (nSPS) is 14.1. The van der Waals surface area contributed by atoms with Crippen LogP contribution in [0.1, 0.15) is 25.5 Å². The molecule has 0 aliphatic rings. The van der Waals surface area contributed by atoms with Crippen LogP contribution < -0.4 is 4.74 Å². The van der Waals surface area contributed by atoms with Gasteiger partial charge in [0.1, 0.15) is 17.6 Å². The third-order valence-electron chi connectivity index (χ3n) is 1.91. The van der Waals surface area contributed by atoms with E-state index in [9.17, 15) is 9.50 Å². The van der Waals surface area contributed by atoms with Gasteiger partial charge in [0.15, 0.2) is 6.10 Å². The van der Waals surface area contributed by atoms with Gasteiger partial charge in [-0.25, -0.2) is 4.39 Å². The number of benzene rings is 1. The van der Waals surface area contributed by atoms with E-state index in [1.165, 1.54) is 25.1 Å². The number of rotatable bonds is 3. The van der Waals surface area contributed by atoms with Gasteiger partial charge in [0.25, 0.3) is 0 Å². The molecule has 0 saturated heterocycles. The number of hydrogen-bond donors (Lipinski definition) is 1. The monoisotopic (exact) mass is 209 g/mol. The number of aliphatic hydroxyl groups is 1. The molecular formula is C11H12FNO2. The molecule has 0 aliphatic carbocycles. The zero-order valence-electron chi connectivity index (χ0n) is 8.57. The molecule has 2 atom stereocenters. The van der Waals surface area contributed by atoms with Gasteiger partial charge >= 0.3 is 0 Å². The van der Waals surface area contributed by atoms with E-state index in [0.717, 1.165) is 0 Å². The van der Waals surface area contributed by atoms with Gasteiger partial charge in [0.05, 0.1) is 6.10 Å². The Labute approximate surface area is 87.7 Å². The van der Waals surface area contributed by atoms with Gasteiger partial charge in [-0.15, -0.1) is 0 Å². The van der Waals surface area contributed by atoms with Crippen molar-refractivity contribution < 1.29 is 14.2 Å². The van der Waals surface area contributed by atoms with Gasteiger partial charge in [-0.1, -0.05) is 0 Å². The van der Waals surface area contributed by atoms with E-state index in [2.05, 4.69) is 0 Å². The third kappa shape index (κ3) is 2.93. The maximum atomic E-state index is 12.9. The van der Waals surface area contributed by atoms with Crippen molar-refractivity contribution in [3.63, 3.8) is 0 Å². The number of ether oxygens (including phenoxy) is 1. The first-order chi connectivity index (χ1) is 7.04. The number of nitriles is 1. The molecule has 15 heavy (non-hydrogen) atoms. The van der Waals surface area contributed by atoms with Crippen LogP contribution in [0, 0.1) is 17.1 Å². The van der Waals surface area contributed by atoms with E-state index in [0.29, 0.717) is 11.3 Å². The van der Waals surface area contributed by atoms with E-state index in [1.807, 2.05) is 6.07 Å². The topological polar surface area (TPSA) is 53.2 Å². The van der Waals surface area contributed by atoms with Crippen LogP contribution in [0.4, 0.5) is 4.39 Å². The fourth-order valence-corrected chi connectivity index (χ4v) is 1.17. The molecule has 0 heterocycles. The van der Waals surface area contributed by atoms with Crippen LogP contribution in [0.25, 0.3) is 0 Å². The van der Waals surface area contributed by atoms with E-state index >= 15 is 0 Å². The van der Waals surface area contributed by atoms with Crippen LogP contribution in [-0.4, -0.2) is 11.2 Å². The molecule has 0 amide bonds. The molecule has 0 saturated carbocycles. The maximum absolute atomic E-state index is 12.9. The lowest BCUT2D eigenvalue weighted by Crippen LogP contribution is -2.10. The van der Waals surface area contributed by atoms with Crippen molar-refractivity contribution in [2.75, 3.05) is 0 Å². The number of nitrogens with zero attached hydrogens (tertiary/aromatic N) is 1. The molecule has 1 N–H and O–H groups in total. The zero-order chi connectivity index (χ0) is 11.4. The molecule has 0 aromatic heterocycles. The van der Waals surface area contributed by atoms with Gasteiger partial charge in [-0.3, -0.25) is 0 Å².